The van der Waals surface area contributed by atoms with E-state index >= 15 is 0 Å². The predicted molar refractivity (Wildman–Crippen MR) is 68.1 cm³/mol. The Bertz CT molecular complexity index is 603. The molecule has 4 heteroatoms. The molecule has 0 spiro atoms. The van der Waals surface area contributed by atoms with Gasteiger partial charge >= 0.3 is 0 Å². The van der Waals surface area contributed by atoms with Crippen molar-refractivity contribution < 1.29 is 4.74 Å². The Hall–Kier alpha value is -2.23. The molecule has 2 N–H and O–H groups in total. The lowest BCUT2D eigenvalue weighted by atomic mass is 10.0. The van der Waals surface area contributed by atoms with Gasteiger partial charge in [0.15, 0.2) is 0 Å². The van der Waals surface area contributed by atoms with Gasteiger partial charge in [0.2, 0.25) is 0 Å². The van der Waals surface area contributed by atoms with E-state index in [1.807, 2.05) is 30.3 Å². The maximum atomic E-state index is 11.8. The first kappa shape index (κ1) is 11.3. The van der Waals surface area contributed by atoms with Gasteiger partial charge in [-0.2, -0.15) is 0 Å². The summed E-state index contributed by atoms with van der Waals surface area (Å²) in [6.45, 7) is 0. The third kappa shape index (κ3) is 1.89. The summed E-state index contributed by atoms with van der Waals surface area (Å²) in [6.07, 6.45) is 1.69. The standard InChI is InChI=1S/C13H14N2O2/c1-15-8-7-10(12(14)13(15)16)9-5-3-4-6-11(9)17-2/h3-8H,14H2,1-2H3. The zero-order chi connectivity index (χ0) is 12.4. The quantitative estimate of drug-likeness (QED) is 0.853. The fraction of sp³-hybridized carbons (Fsp3) is 0.154. The fourth-order valence-electron chi connectivity index (χ4n) is 1.75. The first-order valence-electron chi connectivity index (χ1n) is 5.23. The van der Waals surface area contributed by atoms with Crippen LogP contribution in [-0.2, 0) is 7.05 Å². The summed E-state index contributed by atoms with van der Waals surface area (Å²) in [6, 6.07) is 9.29. The minimum absolute atomic E-state index is 0.201. The molecule has 0 aliphatic rings. The molecule has 88 valence electrons. The van der Waals surface area contributed by atoms with Crippen LogP contribution in [0.5, 0.6) is 5.75 Å². The number of anilines is 1. The molecule has 0 bridgehead atoms. The summed E-state index contributed by atoms with van der Waals surface area (Å²) in [5.74, 6) is 0.701. The molecule has 0 aliphatic carbocycles. The Kier molecular flexibility index (Phi) is 2.87. The van der Waals surface area contributed by atoms with Gasteiger partial charge in [-0.25, -0.2) is 0 Å². The van der Waals surface area contributed by atoms with E-state index in [9.17, 15) is 4.79 Å². The smallest absolute Gasteiger partial charge is 0.274 e. The highest BCUT2D eigenvalue weighted by Gasteiger charge is 2.10. The number of methoxy groups -OCH3 is 1. The highest BCUT2D eigenvalue weighted by Crippen LogP contribution is 2.31. The van der Waals surface area contributed by atoms with Crippen molar-refractivity contribution in [2.24, 2.45) is 7.05 Å². The molecule has 4 nitrogen and oxygen atoms in total. The number of ether oxygens (including phenoxy) is 1. The van der Waals surface area contributed by atoms with Gasteiger partial charge in [0, 0.05) is 24.4 Å². The highest BCUT2D eigenvalue weighted by atomic mass is 16.5. The van der Waals surface area contributed by atoms with Gasteiger partial charge in [0.25, 0.3) is 5.56 Å². The number of nitrogen functional groups attached to an aromatic ring is 1. The monoisotopic (exact) mass is 230 g/mol. The fourth-order valence-corrected chi connectivity index (χ4v) is 1.75. The molecular formula is C13H14N2O2. The number of pyridine rings is 1. The zero-order valence-electron chi connectivity index (χ0n) is 9.81. The average Bonchev–Trinajstić information content (AvgIpc) is 2.36. The van der Waals surface area contributed by atoms with Crippen molar-refractivity contribution in [2.45, 2.75) is 0 Å². The minimum Gasteiger partial charge on any atom is -0.496 e. The number of rotatable bonds is 2. The lowest BCUT2D eigenvalue weighted by Gasteiger charge is -2.11. The van der Waals surface area contributed by atoms with E-state index in [4.69, 9.17) is 10.5 Å². The van der Waals surface area contributed by atoms with Crippen LogP contribution in [0.15, 0.2) is 41.3 Å². The van der Waals surface area contributed by atoms with Crippen molar-refractivity contribution in [3.8, 4) is 16.9 Å². The molecule has 1 aromatic carbocycles. The summed E-state index contributed by atoms with van der Waals surface area (Å²) < 4.78 is 6.71. The number of aromatic nitrogens is 1. The summed E-state index contributed by atoms with van der Waals surface area (Å²) in [7, 11) is 3.26. The minimum atomic E-state index is -0.201. The molecule has 1 aromatic heterocycles. The molecule has 0 aliphatic heterocycles. The van der Waals surface area contributed by atoms with Crippen molar-refractivity contribution in [2.75, 3.05) is 12.8 Å². The third-order valence-electron chi connectivity index (χ3n) is 2.70. The maximum absolute atomic E-state index is 11.8. The van der Waals surface area contributed by atoms with Crippen molar-refractivity contribution in [3.63, 3.8) is 0 Å². The van der Waals surface area contributed by atoms with Crippen LogP contribution in [0.25, 0.3) is 11.1 Å². The summed E-state index contributed by atoms with van der Waals surface area (Å²) in [5.41, 5.74) is 7.41. The van der Waals surface area contributed by atoms with Crippen molar-refractivity contribution >= 4 is 5.69 Å². The van der Waals surface area contributed by atoms with E-state index in [0.29, 0.717) is 11.3 Å². The van der Waals surface area contributed by atoms with Crippen molar-refractivity contribution in [1.82, 2.24) is 4.57 Å². The van der Waals surface area contributed by atoms with Gasteiger partial charge in [-0.15, -0.1) is 0 Å². The van der Waals surface area contributed by atoms with Gasteiger partial charge < -0.3 is 15.0 Å². The molecule has 0 unspecified atom stereocenters. The average molecular weight is 230 g/mol. The highest BCUT2D eigenvalue weighted by molar-refractivity contribution is 5.79. The Morgan fingerprint density at radius 2 is 1.88 bits per heavy atom. The molecule has 2 rings (SSSR count). The van der Waals surface area contributed by atoms with Crippen LogP contribution in [0, 0.1) is 0 Å². The van der Waals surface area contributed by atoms with Gasteiger partial charge in [0.1, 0.15) is 11.4 Å². The third-order valence-corrected chi connectivity index (χ3v) is 2.70. The first-order valence-corrected chi connectivity index (χ1v) is 5.23. The van der Waals surface area contributed by atoms with Crippen LogP contribution < -0.4 is 16.0 Å². The first-order chi connectivity index (χ1) is 8.15. The molecule has 0 fully saturated rings. The Morgan fingerprint density at radius 1 is 1.18 bits per heavy atom. The van der Waals surface area contributed by atoms with Crippen LogP contribution in [0.4, 0.5) is 5.69 Å². The van der Waals surface area contributed by atoms with Gasteiger partial charge in [0.05, 0.1) is 7.11 Å². The molecular weight excluding hydrogens is 216 g/mol. The number of aryl methyl sites for hydroxylation is 1. The Balaban J connectivity index is 2.69. The van der Waals surface area contributed by atoms with Gasteiger partial charge in [-0.05, 0) is 12.1 Å². The number of hydrogen-bond acceptors (Lipinski definition) is 3. The Morgan fingerprint density at radius 3 is 2.59 bits per heavy atom. The molecule has 0 amide bonds. The summed E-state index contributed by atoms with van der Waals surface area (Å²) >= 11 is 0. The number of benzene rings is 1. The van der Waals surface area contributed by atoms with E-state index < -0.39 is 0 Å². The number of nitrogens with zero attached hydrogens (tertiary/aromatic N) is 1. The lowest BCUT2D eigenvalue weighted by molar-refractivity contribution is 0.416. The van der Waals surface area contributed by atoms with Gasteiger partial charge in [-0.1, -0.05) is 18.2 Å². The second-order valence-corrected chi connectivity index (χ2v) is 3.76. The molecule has 0 saturated carbocycles. The van der Waals surface area contributed by atoms with E-state index in [0.717, 1.165) is 5.56 Å². The number of hydrogen-bond donors (Lipinski definition) is 1. The summed E-state index contributed by atoms with van der Waals surface area (Å²) in [4.78, 5) is 11.8. The normalized spacial score (nSPS) is 10.2. The second kappa shape index (κ2) is 4.33. The topological polar surface area (TPSA) is 57.2 Å². The number of nitrogens with two attached hydrogens (primary N) is 1. The molecule has 1 heterocycles. The van der Waals surface area contributed by atoms with Crippen LogP contribution in [-0.4, -0.2) is 11.7 Å². The van der Waals surface area contributed by atoms with Crippen LogP contribution in [0.3, 0.4) is 0 Å². The second-order valence-electron chi connectivity index (χ2n) is 3.76. The van der Waals surface area contributed by atoms with E-state index in [-0.39, 0.29) is 11.2 Å². The lowest BCUT2D eigenvalue weighted by Crippen LogP contribution is -2.20. The van der Waals surface area contributed by atoms with Crippen LogP contribution in [0.1, 0.15) is 0 Å². The van der Waals surface area contributed by atoms with Gasteiger partial charge in [-0.3, -0.25) is 4.79 Å². The maximum Gasteiger partial charge on any atom is 0.274 e. The van der Waals surface area contributed by atoms with Crippen LogP contribution in [0.2, 0.25) is 0 Å². The molecule has 0 radical (unpaired) electrons. The predicted octanol–water partition coefficient (Wildman–Crippen LogP) is 1.64. The van der Waals surface area contributed by atoms with E-state index in [1.165, 1.54) is 4.57 Å². The molecule has 0 atom stereocenters. The molecule has 0 saturated heterocycles. The largest absolute Gasteiger partial charge is 0.496 e. The van der Waals surface area contributed by atoms with Crippen molar-refractivity contribution in [1.29, 1.82) is 0 Å². The SMILES string of the molecule is COc1ccccc1-c1ccn(C)c(=O)c1N. The van der Waals surface area contributed by atoms with Crippen molar-refractivity contribution in [3.05, 3.63) is 46.9 Å². The zero-order valence-corrected chi connectivity index (χ0v) is 9.81. The van der Waals surface area contributed by atoms with Crippen LogP contribution >= 0.6 is 0 Å². The van der Waals surface area contributed by atoms with E-state index in [2.05, 4.69) is 0 Å². The number of para-hydroxylation sites is 1. The molecule has 17 heavy (non-hydrogen) atoms. The van der Waals surface area contributed by atoms with E-state index in [1.54, 1.807) is 20.4 Å². The molecule has 2 aromatic rings. The Labute approximate surface area is 99.3 Å². The summed E-state index contributed by atoms with van der Waals surface area (Å²) in [5, 5.41) is 0.